The van der Waals surface area contributed by atoms with Gasteiger partial charge in [-0.05, 0) is 108 Å². The van der Waals surface area contributed by atoms with Crippen molar-refractivity contribution in [1.29, 1.82) is 0 Å². The van der Waals surface area contributed by atoms with Crippen molar-refractivity contribution in [2.45, 2.75) is 125 Å². The van der Waals surface area contributed by atoms with Gasteiger partial charge in [0.05, 0.1) is 13.1 Å². The normalized spacial score (nSPS) is 12.0. The first-order valence-corrected chi connectivity index (χ1v) is 17.4. The van der Waals surface area contributed by atoms with E-state index in [1.807, 2.05) is 0 Å². The zero-order valence-electron chi connectivity index (χ0n) is 33.0. The maximum atomic E-state index is 13.7. The zero-order chi connectivity index (χ0) is 39.5. The van der Waals surface area contributed by atoms with E-state index in [9.17, 15) is 19.2 Å². The molecule has 0 atom stereocenters. The van der Waals surface area contributed by atoms with Gasteiger partial charge in [-0.2, -0.15) is 0 Å². The molecule has 12 nitrogen and oxygen atoms in total. The molecule has 0 aromatic heterocycles. The van der Waals surface area contributed by atoms with E-state index in [4.69, 9.17) is 28.4 Å². The van der Waals surface area contributed by atoms with Crippen LogP contribution in [0, 0.1) is 5.92 Å². The number of rotatable bonds is 12. The number of carbonyl (C=O) groups excluding carboxylic acids is 4. The predicted molar refractivity (Wildman–Crippen MR) is 198 cm³/mol. The van der Waals surface area contributed by atoms with Gasteiger partial charge in [-0.15, -0.1) is 6.58 Å². The number of carbonyl (C=O) groups is 4. The van der Waals surface area contributed by atoms with Gasteiger partial charge >= 0.3 is 24.5 Å². The van der Waals surface area contributed by atoms with Crippen LogP contribution in [0.3, 0.4) is 0 Å². The maximum Gasteiger partial charge on any atom is 0.514 e. The van der Waals surface area contributed by atoms with Crippen molar-refractivity contribution < 1.29 is 47.6 Å². The largest absolute Gasteiger partial charge is 0.514 e. The standard InChI is InChI=1S/C40H58N2O10/c1-14-19-28(24-41(33(43)49-37(2,3)4)26-29-20-15-17-22-31(29)47-35(45)51-39(8,9)10)25-42(34(44)50-38(5,6)7)27-30-21-16-18-23-32(30)48-36(46)52-40(11,12)13/h14-18,20-23,28H,1,19,24-27H2,2-13H3. The van der Waals surface area contributed by atoms with Crippen molar-refractivity contribution in [3.05, 3.63) is 72.3 Å². The first kappa shape index (κ1) is 43.4. The third-order valence-electron chi connectivity index (χ3n) is 6.59. The van der Waals surface area contributed by atoms with E-state index >= 15 is 0 Å². The number of ether oxygens (including phenoxy) is 6. The van der Waals surface area contributed by atoms with Crippen molar-refractivity contribution in [3.63, 3.8) is 0 Å². The van der Waals surface area contributed by atoms with Gasteiger partial charge in [-0.25, -0.2) is 19.2 Å². The number of allylic oxidation sites excluding steroid dienone is 1. The Balaban J connectivity index is 2.49. The molecule has 0 N–H and O–H groups in total. The molecule has 2 aromatic rings. The minimum absolute atomic E-state index is 0.0144. The Bertz CT molecular complexity index is 1420. The Hall–Kier alpha value is -4.74. The van der Waals surface area contributed by atoms with Crippen LogP contribution in [0.5, 0.6) is 11.5 Å². The van der Waals surface area contributed by atoms with Gasteiger partial charge in [0.15, 0.2) is 0 Å². The lowest BCUT2D eigenvalue weighted by molar-refractivity contribution is 0.0125. The highest BCUT2D eigenvalue weighted by Gasteiger charge is 2.31. The summed E-state index contributed by atoms with van der Waals surface area (Å²) in [5, 5.41) is 0. The third kappa shape index (κ3) is 17.0. The van der Waals surface area contributed by atoms with Crippen LogP contribution in [0.25, 0.3) is 0 Å². The lowest BCUT2D eigenvalue weighted by Crippen LogP contribution is -2.44. The minimum Gasteiger partial charge on any atom is -0.444 e. The zero-order valence-corrected chi connectivity index (χ0v) is 33.0. The van der Waals surface area contributed by atoms with Crippen LogP contribution in [-0.2, 0) is 32.0 Å². The van der Waals surface area contributed by atoms with Gasteiger partial charge in [0, 0.05) is 24.2 Å². The van der Waals surface area contributed by atoms with E-state index in [1.54, 1.807) is 138 Å². The molecule has 0 heterocycles. The quantitative estimate of drug-likeness (QED) is 0.0902. The molecule has 0 aliphatic carbocycles. The Morgan fingerprint density at radius 3 is 1.21 bits per heavy atom. The number of nitrogens with zero attached hydrogens (tertiary/aromatic N) is 2. The highest BCUT2D eigenvalue weighted by molar-refractivity contribution is 5.70. The number of hydrogen-bond acceptors (Lipinski definition) is 10. The number of benzene rings is 2. The van der Waals surface area contributed by atoms with Crippen LogP contribution in [0.15, 0.2) is 61.2 Å². The van der Waals surface area contributed by atoms with Gasteiger partial charge in [0.2, 0.25) is 0 Å². The molecule has 2 rings (SSSR count). The predicted octanol–water partition coefficient (Wildman–Crippen LogP) is 9.68. The molecular weight excluding hydrogens is 668 g/mol. The van der Waals surface area contributed by atoms with E-state index in [0.717, 1.165) is 0 Å². The summed E-state index contributed by atoms with van der Waals surface area (Å²) in [6.07, 6.45) is -0.841. The Morgan fingerprint density at radius 1 is 0.577 bits per heavy atom. The molecule has 52 heavy (non-hydrogen) atoms. The van der Waals surface area contributed by atoms with E-state index in [2.05, 4.69) is 6.58 Å². The summed E-state index contributed by atoms with van der Waals surface area (Å²) in [7, 11) is 0. The van der Waals surface area contributed by atoms with Gasteiger partial charge < -0.3 is 38.2 Å². The Kier molecular flexibility index (Phi) is 15.2. The van der Waals surface area contributed by atoms with Gasteiger partial charge in [-0.1, -0.05) is 42.5 Å². The first-order valence-electron chi connectivity index (χ1n) is 17.4. The fraction of sp³-hybridized carbons (Fsp3) is 0.550. The molecule has 0 fully saturated rings. The molecule has 0 spiro atoms. The Morgan fingerprint density at radius 2 is 0.904 bits per heavy atom. The van der Waals surface area contributed by atoms with E-state index in [1.165, 1.54) is 9.80 Å². The molecule has 0 aliphatic heterocycles. The number of para-hydroxylation sites is 2. The first-order chi connectivity index (χ1) is 23.8. The van der Waals surface area contributed by atoms with Gasteiger partial charge in [0.1, 0.15) is 33.9 Å². The van der Waals surface area contributed by atoms with Crippen LogP contribution in [0.1, 0.15) is 101 Å². The molecule has 288 valence electrons. The summed E-state index contributed by atoms with van der Waals surface area (Å²) >= 11 is 0. The summed E-state index contributed by atoms with van der Waals surface area (Å²) < 4.78 is 33.4. The van der Waals surface area contributed by atoms with Crippen molar-refractivity contribution in [2.75, 3.05) is 13.1 Å². The summed E-state index contributed by atoms with van der Waals surface area (Å²) in [5.41, 5.74) is -2.08. The highest BCUT2D eigenvalue weighted by Crippen LogP contribution is 2.27. The van der Waals surface area contributed by atoms with E-state index < -0.39 is 46.9 Å². The molecule has 0 bridgehead atoms. The molecule has 2 aromatic carbocycles. The van der Waals surface area contributed by atoms with Crippen LogP contribution < -0.4 is 9.47 Å². The van der Waals surface area contributed by atoms with Crippen molar-refractivity contribution in [3.8, 4) is 11.5 Å². The van der Waals surface area contributed by atoms with E-state index in [0.29, 0.717) is 17.5 Å². The topological polar surface area (TPSA) is 130 Å². The van der Waals surface area contributed by atoms with Crippen molar-refractivity contribution in [2.24, 2.45) is 5.92 Å². The molecule has 0 aliphatic rings. The second-order valence-corrected chi connectivity index (χ2v) is 16.5. The highest BCUT2D eigenvalue weighted by atomic mass is 16.7. The Labute approximate surface area is 309 Å². The molecule has 0 saturated carbocycles. The average molecular weight is 727 g/mol. The molecule has 12 heteroatoms. The summed E-state index contributed by atoms with van der Waals surface area (Å²) in [6.45, 7) is 25.2. The fourth-order valence-corrected chi connectivity index (χ4v) is 4.73. The van der Waals surface area contributed by atoms with Gasteiger partial charge in [-0.3, -0.25) is 0 Å². The molecule has 0 unspecified atom stereocenters. The van der Waals surface area contributed by atoms with Crippen molar-refractivity contribution >= 4 is 24.5 Å². The summed E-state index contributed by atoms with van der Waals surface area (Å²) in [5.74, 6) is 0.0838. The monoisotopic (exact) mass is 726 g/mol. The lowest BCUT2D eigenvalue weighted by atomic mass is 10.0. The SMILES string of the molecule is C=CCC(CN(Cc1ccccc1OC(=O)OC(C)(C)C)C(=O)OC(C)(C)C)CN(Cc1ccccc1OC(=O)OC(C)(C)C)C(=O)OC(C)(C)C. The van der Waals surface area contributed by atoms with Crippen LogP contribution >= 0.6 is 0 Å². The fourth-order valence-electron chi connectivity index (χ4n) is 4.73. The third-order valence-corrected chi connectivity index (χ3v) is 6.59. The second kappa shape index (κ2) is 18.1. The number of amides is 2. The summed E-state index contributed by atoms with van der Waals surface area (Å²) in [6, 6.07) is 13.7. The molecule has 0 saturated heterocycles. The van der Waals surface area contributed by atoms with E-state index in [-0.39, 0.29) is 43.6 Å². The van der Waals surface area contributed by atoms with Crippen LogP contribution in [-0.4, -0.2) is 69.8 Å². The maximum absolute atomic E-state index is 13.7. The number of hydrogen-bond donors (Lipinski definition) is 0. The van der Waals surface area contributed by atoms with Crippen molar-refractivity contribution in [1.82, 2.24) is 9.80 Å². The lowest BCUT2D eigenvalue weighted by Gasteiger charge is -2.34. The molecule has 2 amide bonds. The van der Waals surface area contributed by atoms with Crippen LogP contribution in [0.4, 0.5) is 19.2 Å². The minimum atomic E-state index is -0.878. The summed E-state index contributed by atoms with van der Waals surface area (Å²) in [4.78, 5) is 55.7. The average Bonchev–Trinajstić information content (AvgIpc) is 2.94. The molecular formula is C40H58N2O10. The van der Waals surface area contributed by atoms with Crippen LogP contribution in [0.2, 0.25) is 0 Å². The second-order valence-electron chi connectivity index (χ2n) is 16.5. The van der Waals surface area contributed by atoms with Gasteiger partial charge in [0.25, 0.3) is 0 Å². The smallest absolute Gasteiger partial charge is 0.444 e. The molecule has 0 radical (unpaired) electrons.